The molecule has 2 nitrogen and oxygen atoms in total. The Kier molecular flexibility index (Phi) is 3.39. The fourth-order valence-electron chi connectivity index (χ4n) is 2.98. The van der Waals surface area contributed by atoms with E-state index in [2.05, 4.69) is 10.2 Å². The number of anilines is 1. The van der Waals surface area contributed by atoms with E-state index >= 15 is 0 Å². The van der Waals surface area contributed by atoms with Crippen LogP contribution in [0.1, 0.15) is 12.8 Å². The smallest absolute Gasteiger partial charge is 0.160 e. The highest BCUT2D eigenvalue weighted by Crippen LogP contribution is 2.32. The second-order valence-corrected chi connectivity index (χ2v) is 5.96. The van der Waals surface area contributed by atoms with Crippen molar-refractivity contribution in [3.8, 4) is 0 Å². The number of nitrogens with one attached hydrogen (secondary N) is 1. The Morgan fingerprint density at radius 3 is 2.28 bits per heavy atom. The highest BCUT2D eigenvalue weighted by molar-refractivity contribution is 6.35. The van der Waals surface area contributed by atoms with Crippen LogP contribution in [0, 0.1) is 11.7 Å². The molecule has 1 aromatic rings. The van der Waals surface area contributed by atoms with Crippen molar-refractivity contribution in [1.29, 1.82) is 0 Å². The van der Waals surface area contributed by atoms with Crippen molar-refractivity contribution in [2.75, 3.05) is 25.0 Å². The second kappa shape index (κ2) is 4.87. The number of benzene rings is 1. The van der Waals surface area contributed by atoms with Gasteiger partial charge in [0.05, 0.1) is 10.0 Å². The minimum Gasteiger partial charge on any atom is -0.381 e. The van der Waals surface area contributed by atoms with Crippen LogP contribution in [0.2, 0.25) is 10.0 Å². The molecule has 4 rings (SSSR count). The fraction of sp³-hybridized carbons (Fsp3) is 0.538. The van der Waals surface area contributed by atoms with Crippen LogP contribution in [-0.2, 0) is 0 Å². The molecule has 3 fully saturated rings. The van der Waals surface area contributed by atoms with Crippen LogP contribution in [0.25, 0.3) is 0 Å². The summed E-state index contributed by atoms with van der Waals surface area (Å²) < 4.78 is 13.3. The van der Waals surface area contributed by atoms with Crippen LogP contribution in [0.4, 0.5) is 10.1 Å². The molecule has 1 N–H and O–H groups in total. The Labute approximate surface area is 116 Å². The lowest BCUT2D eigenvalue weighted by Gasteiger charge is -2.45. The zero-order valence-corrected chi connectivity index (χ0v) is 11.4. The summed E-state index contributed by atoms with van der Waals surface area (Å²) in [5, 5.41) is 3.59. The lowest BCUT2D eigenvalue weighted by Crippen LogP contribution is -2.53. The first kappa shape index (κ1) is 12.5. The Bertz CT molecular complexity index is 435. The van der Waals surface area contributed by atoms with E-state index in [1.165, 1.54) is 25.9 Å². The van der Waals surface area contributed by atoms with Gasteiger partial charge in [0.2, 0.25) is 0 Å². The summed E-state index contributed by atoms with van der Waals surface area (Å²) in [6, 6.07) is 3.64. The number of halogens is 3. The summed E-state index contributed by atoms with van der Waals surface area (Å²) in [5.74, 6) is 0.162. The molecule has 1 atom stereocenters. The lowest BCUT2D eigenvalue weighted by atomic mass is 9.84. The van der Waals surface area contributed by atoms with E-state index in [9.17, 15) is 4.39 Å². The van der Waals surface area contributed by atoms with Crippen molar-refractivity contribution in [2.45, 2.75) is 18.9 Å². The number of fused-ring (bicyclic) bond motifs is 3. The molecule has 18 heavy (non-hydrogen) atoms. The average Bonchev–Trinajstić information content (AvgIpc) is 2.37. The monoisotopic (exact) mass is 288 g/mol. The van der Waals surface area contributed by atoms with Gasteiger partial charge >= 0.3 is 0 Å². The van der Waals surface area contributed by atoms with Gasteiger partial charge in [0.1, 0.15) is 0 Å². The molecule has 0 aromatic heterocycles. The normalized spacial score (nSPS) is 30.5. The average molecular weight is 289 g/mol. The number of hydrogen-bond acceptors (Lipinski definition) is 2. The topological polar surface area (TPSA) is 15.3 Å². The minimum absolute atomic E-state index is 0.0753. The van der Waals surface area contributed by atoms with Gasteiger partial charge in [-0.2, -0.15) is 0 Å². The molecule has 1 unspecified atom stereocenters. The van der Waals surface area contributed by atoms with Gasteiger partial charge in [-0.05, 0) is 44.0 Å². The molecule has 3 heterocycles. The van der Waals surface area contributed by atoms with Crippen molar-refractivity contribution in [2.24, 2.45) is 5.92 Å². The predicted octanol–water partition coefficient (Wildman–Crippen LogP) is 3.64. The summed E-state index contributed by atoms with van der Waals surface area (Å²) in [5.41, 5.74) is 0.810. The van der Waals surface area contributed by atoms with Crippen molar-refractivity contribution in [3.63, 3.8) is 0 Å². The first-order chi connectivity index (χ1) is 8.63. The quantitative estimate of drug-likeness (QED) is 0.836. The highest BCUT2D eigenvalue weighted by atomic mass is 35.5. The van der Waals surface area contributed by atoms with Gasteiger partial charge in [0.25, 0.3) is 0 Å². The van der Waals surface area contributed by atoms with Gasteiger partial charge in [-0.1, -0.05) is 23.2 Å². The molecule has 5 heteroatoms. The van der Waals surface area contributed by atoms with Crippen molar-refractivity contribution in [3.05, 3.63) is 28.0 Å². The molecular formula is C13H15Cl2FN2. The van der Waals surface area contributed by atoms with Crippen molar-refractivity contribution < 1.29 is 4.39 Å². The molecule has 0 saturated carbocycles. The van der Waals surface area contributed by atoms with Crippen LogP contribution < -0.4 is 5.32 Å². The molecule has 0 amide bonds. The van der Waals surface area contributed by atoms with Gasteiger partial charge in [-0.25, -0.2) is 4.39 Å². The summed E-state index contributed by atoms with van der Waals surface area (Å²) >= 11 is 11.6. The molecule has 98 valence electrons. The van der Waals surface area contributed by atoms with Crippen LogP contribution >= 0.6 is 23.2 Å². The summed E-state index contributed by atoms with van der Waals surface area (Å²) in [7, 11) is 0. The van der Waals surface area contributed by atoms with Crippen LogP contribution in [0.15, 0.2) is 12.1 Å². The fourth-order valence-corrected chi connectivity index (χ4v) is 3.47. The Morgan fingerprint density at radius 1 is 1.17 bits per heavy atom. The van der Waals surface area contributed by atoms with Gasteiger partial charge in [-0.15, -0.1) is 0 Å². The Hall–Kier alpha value is -0.510. The van der Waals surface area contributed by atoms with Crippen LogP contribution in [-0.4, -0.2) is 30.6 Å². The molecular weight excluding hydrogens is 274 g/mol. The van der Waals surface area contributed by atoms with Gasteiger partial charge < -0.3 is 10.2 Å². The molecule has 0 radical (unpaired) electrons. The maximum absolute atomic E-state index is 13.3. The molecule has 2 bridgehead atoms. The molecule has 3 aliphatic rings. The number of hydrogen-bond donors (Lipinski definition) is 1. The molecule has 0 aliphatic carbocycles. The summed E-state index contributed by atoms with van der Waals surface area (Å²) in [6.45, 7) is 3.46. The SMILES string of the molecule is Fc1c(Cl)cc(NC2CN3CCC2CC3)cc1Cl. The van der Waals surface area contributed by atoms with Gasteiger partial charge in [-0.3, -0.25) is 0 Å². The summed E-state index contributed by atoms with van der Waals surface area (Å²) in [6.07, 6.45) is 2.47. The molecule has 0 spiro atoms. The third-order valence-corrected chi connectivity index (χ3v) is 4.54. The maximum Gasteiger partial charge on any atom is 0.160 e. The van der Waals surface area contributed by atoms with Crippen molar-refractivity contribution >= 4 is 28.9 Å². The molecule has 3 saturated heterocycles. The van der Waals surface area contributed by atoms with E-state index in [0.29, 0.717) is 12.0 Å². The number of nitrogens with zero attached hydrogens (tertiary/aromatic N) is 1. The molecule has 1 aromatic carbocycles. The number of piperidine rings is 3. The van der Waals surface area contributed by atoms with Crippen molar-refractivity contribution in [1.82, 2.24) is 4.90 Å². The summed E-state index contributed by atoms with van der Waals surface area (Å²) in [4.78, 5) is 2.46. The zero-order chi connectivity index (χ0) is 12.7. The largest absolute Gasteiger partial charge is 0.381 e. The van der Waals surface area contributed by atoms with Crippen LogP contribution in [0.5, 0.6) is 0 Å². The standard InChI is InChI=1S/C13H15Cl2FN2/c14-10-5-9(6-11(15)13(10)16)17-12-7-18-3-1-8(12)2-4-18/h5-6,8,12,17H,1-4,7H2. The predicted molar refractivity (Wildman–Crippen MR) is 73.0 cm³/mol. The Balaban J connectivity index is 1.77. The zero-order valence-electron chi connectivity index (χ0n) is 9.93. The van der Waals surface area contributed by atoms with Gasteiger partial charge in [0, 0.05) is 18.3 Å². The lowest BCUT2D eigenvalue weighted by molar-refractivity contribution is 0.0975. The first-order valence-corrected chi connectivity index (χ1v) is 7.02. The van der Waals surface area contributed by atoms with Crippen LogP contribution in [0.3, 0.4) is 0 Å². The van der Waals surface area contributed by atoms with E-state index in [0.717, 1.165) is 12.2 Å². The number of rotatable bonds is 2. The van der Waals surface area contributed by atoms with E-state index in [1.807, 2.05) is 0 Å². The third-order valence-electron chi connectivity index (χ3n) is 3.99. The Morgan fingerprint density at radius 2 is 1.78 bits per heavy atom. The maximum atomic E-state index is 13.3. The second-order valence-electron chi connectivity index (χ2n) is 5.14. The van der Waals surface area contributed by atoms with E-state index in [4.69, 9.17) is 23.2 Å². The third kappa shape index (κ3) is 2.31. The molecule has 3 aliphatic heterocycles. The van der Waals surface area contributed by atoms with E-state index in [1.54, 1.807) is 12.1 Å². The van der Waals surface area contributed by atoms with Gasteiger partial charge in [0.15, 0.2) is 5.82 Å². The highest BCUT2D eigenvalue weighted by Gasteiger charge is 2.33. The van der Waals surface area contributed by atoms with E-state index in [-0.39, 0.29) is 10.0 Å². The minimum atomic E-state index is -0.544. The van der Waals surface area contributed by atoms with E-state index < -0.39 is 5.82 Å². The first-order valence-electron chi connectivity index (χ1n) is 6.27.